The first-order valence-electron chi connectivity index (χ1n) is 10.3. The van der Waals surface area contributed by atoms with E-state index in [1.54, 1.807) is 7.11 Å². The zero-order valence-electron chi connectivity index (χ0n) is 17.1. The molecule has 1 amide bonds. The van der Waals surface area contributed by atoms with Gasteiger partial charge in [0.15, 0.2) is 0 Å². The Bertz CT molecular complexity index is 749. The smallest absolute Gasteiger partial charge is 0.220 e. The summed E-state index contributed by atoms with van der Waals surface area (Å²) in [7, 11) is 1.66. The third-order valence-corrected chi connectivity index (χ3v) is 5.66. The van der Waals surface area contributed by atoms with E-state index < -0.39 is 0 Å². The molecule has 0 radical (unpaired) electrons. The number of methoxy groups -OCH3 is 1. The minimum absolute atomic E-state index is 0.0948. The Morgan fingerprint density at radius 3 is 2.43 bits per heavy atom. The lowest BCUT2D eigenvalue weighted by molar-refractivity contribution is -0.121. The average molecular weight is 381 g/mol. The van der Waals surface area contributed by atoms with Gasteiger partial charge in [-0.15, -0.1) is 0 Å². The van der Waals surface area contributed by atoms with Crippen LogP contribution < -0.4 is 10.1 Å². The topological polar surface area (TPSA) is 41.6 Å². The standard InChI is InChI=1S/C24H32N2O2/c1-19-13-15-26(16-14-19)18-22-6-4-3-5-21(22)17-25-24(27)12-9-20-7-10-23(28-2)11-8-20/h3-8,10-11,19H,9,12-18H2,1-2H3,(H,25,27). The molecule has 1 fully saturated rings. The molecular formula is C24H32N2O2. The molecular weight excluding hydrogens is 348 g/mol. The molecule has 4 heteroatoms. The van der Waals surface area contributed by atoms with Crippen molar-refractivity contribution in [2.45, 2.75) is 45.7 Å². The van der Waals surface area contributed by atoms with E-state index in [9.17, 15) is 4.79 Å². The van der Waals surface area contributed by atoms with Crippen LogP contribution in [0.25, 0.3) is 0 Å². The van der Waals surface area contributed by atoms with E-state index in [0.717, 1.165) is 30.2 Å². The molecule has 1 aliphatic heterocycles. The number of ether oxygens (including phenoxy) is 1. The van der Waals surface area contributed by atoms with Crippen LogP contribution in [0.15, 0.2) is 48.5 Å². The van der Waals surface area contributed by atoms with Gasteiger partial charge in [0.25, 0.3) is 0 Å². The Hall–Kier alpha value is -2.33. The monoisotopic (exact) mass is 380 g/mol. The van der Waals surface area contributed by atoms with Crippen LogP contribution in [-0.4, -0.2) is 31.0 Å². The molecule has 1 N–H and O–H groups in total. The van der Waals surface area contributed by atoms with Crippen LogP contribution in [-0.2, 0) is 24.3 Å². The number of benzene rings is 2. The van der Waals surface area contributed by atoms with Crippen molar-refractivity contribution in [1.82, 2.24) is 10.2 Å². The highest BCUT2D eigenvalue weighted by atomic mass is 16.5. The number of aryl methyl sites for hydroxylation is 1. The lowest BCUT2D eigenvalue weighted by Crippen LogP contribution is -2.33. The fourth-order valence-corrected chi connectivity index (χ4v) is 3.68. The number of likely N-dealkylation sites (tertiary alicyclic amines) is 1. The number of amides is 1. The normalized spacial score (nSPS) is 15.4. The number of carbonyl (C=O) groups excluding carboxylic acids is 1. The summed E-state index contributed by atoms with van der Waals surface area (Å²) in [6.07, 6.45) is 3.80. The Morgan fingerprint density at radius 1 is 1.07 bits per heavy atom. The highest BCUT2D eigenvalue weighted by Crippen LogP contribution is 2.20. The minimum atomic E-state index is 0.0948. The van der Waals surface area contributed by atoms with Crippen LogP contribution in [0.4, 0.5) is 0 Å². The first-order valence-corrected chi connectivity index (χ1v) is 10.3. The molecule has 28 heavy (non-hydrogen) atoms. The zero-order chi connectivity index (χ0) is 19.8. The van der Waals surface area contributed by atoms with E-state index >= 15 is 0 Å². The second-order valence-electron chi connectivity index (χ2n) is 7.85. The highest BCUT2D eigenvalue weighted by Gasteiger charge is 2.16. The molecule has 4 nitrogen and oxygen atoms in total. The molecule has 0 saturated carbocycles. The lowest BCUT2D eigenvalue weighted by atomic mass is 9.98. The fraction of sp³-hybridized carbons (Fsp3) is 0.458. The summed E-state index contributed by atoms with van der Waals surface area (Å²) < 4.78 is 5.17. The maximum Gasteiger partial charge on any atom is 0.220 e. The Morgan fingerprint density at radius 2 is 1.75 bits per heavy atom. The predicted octanol–water partition coefficient (Wildman–Crippen LogP) is 4.18. The molecule has 0 aromatic heterocycles. The van der Waals surface area contributed by atoms with E-state index in [1.807, 2.05) is 24.3 Å². The summed E-state index contributed by atoms with van der Waals surface area (Å²) in [6.45, 7) is 6.26. The highest BCUT2D eigenvalue weighted by molar-refractivity contribution is 5.76. The first-order chi connectivity index (χ1) is 13.6. The number of nitrogens with one attached hydrogen (secondary N) is 1. The van der Waals surface area contributed by atoms with Crippen molar-refractivity contribution in [3.63, 3.8) is 0 Å². The van der Waals surface area contributed by atoms with Gasteiger partial charge in [-0.1, -0.05) is 43.3 Å². The summed E-state index contributed by atoms with van der Waals surface area (Å²) >= 11 is 0. The molecule has 0 aliphatic carbocycles. The molecule has 1 heterocycles. The molecule has 0 bridgehead atoms. The van der Waals surface area contributed by atoms with E-state index in [4.69, 9.17) is 4.74 Å². The lowest BCUT2D eigenvalue weighted by Gasteiger charge is -2.30. The summed E-state index contributed by atoms with van der Waals surface area (Å²) in [5.41, 5.74) is 3.70. The Kier molecular flexibility index (Phi) is 7.49. The van der Waals surface area contributed by atoms with Crippen molar-refractivity contribution in [2.75, 3.05) is 20.2 Å². The van der Waals surface area contributed by atoms with Gasteiger partial charge in [-0.2, -0.15) is 0 Å². The van der Waals surface area contributed by atoms with Crippen LogP contribution in [0.1, 0.15) is 42.9 Å². The van der Waals surface area contributed by atoms with Crippen molar-refractivity contribution >= 4 is 5.91 Å². The van der Waals surface area contributed by atoms with Crippen LogP contribution in [0.3, 0.4) is 0 Å². The van der Waals surface area contributed by atoms with Crippen LogP contribution in [0.2, 0.25) is 0 Å². The molecule has 1 aliphatic rings. The van der Waals surface area contributed by atoms with Crippen molar-refractivity contribution in [1.29, 1.82) is 0 Å². The number of carbonyl (C=O) groups is 1. The quantitative estimate of drug-likeness (QED) is 0.747. The number of piperidine rings is 1. The van der Waals surface area contributed by atoms with Gasteiger partial charge >= 0.3 is 0 Å². The molecule has 2 aromatic rings. The first kappa shape index (κ1) is 20.4. The maximum atomic E-state index is 12.3. The molecule has 3 rings (SSSR count). The minimum Gasteiger partial charge on any atom is -0.497 e. The van der Waals surface area contributed by atoms with Gasteiger partial charge in [-0.25, -0.2) is 0 Å². The van der Waals surface area contributed by atoms with Crippen molar-refractivity contribution in [2.24, 2.45) is 5.92 Å². The van der Waals surface area contributed by atoms with Gasteiger partial charge < -0.3 is 10.1 Å². The van der Waals surface area contributed by atoms with Gasteiger partial charge in [0.2, 0.25) is 5.91 Å². The molecule has 0 atom stereocenters. The summed E-state index contributed by atoms with van der Waals surface area (Å²) in [6, 6.07) is 16.4. The van der Waals surface area contributed by atoms with Crippen molar-refractivity contribution < 1.29 is 9.53 Å². The summed E-state index contributed by atoms with van der Waals surface area (Å²) in [4.78, 5) is 14.8. The van der Waals surface area contributed by atoms with Crippen LogP contribution in [0, 0.1) is 5.92 Å². The third kappa shape index (κ3) is 6.10. The van der Waals surface area contributed by atoms with E-state index in [-0.39, 0.29) is 5.91 Å². The van der Waals surface area contributed by atoms with Crippen LogP contribution in [0.5, 0.6) is 5.75 Å². The average Bonchev–Trinajstić information content (AvgIpc) is 2.73. The Balaban J connectivity index is 1.47. The molecule has 2 aromatic carbocycles. The SMILES string of the molecule is COc1ccc(CCC(=O)NCc2ccccc2CN2CCC(C)CC2)cc1. The number of nitrogens with zero attached hydrogens (tertiary/aromatic N) is 1. The maximum absolute atomic E-state index is 12.3. The van der Waals surface area contributed by atoms with E-state index in [0.29, 0.717) is 13.0 Å². The Labute approximate surface area is 168 Å². The van der Waals surface area contributed by atoms with E-state index in [1.165, 1.54) is 37.1 Å². The second-order valence-corrected chi connectivity index (χ2v) is 7.85. The van der Waals surface area contributed by atoms with Gasteiger partial charge in [0, 0.05) is 19.5 Å². The third-order valence-electron chi connectivity index (χ3n) is 5.66. The van der Waals surface area contributed by atoms with Crippen LogP contribution >= 0.6 is 0 Å². The van der Waals surface area contributed by atoms with E-state index in [2.05, 4.69) is 41.4 Å². The molecule has 0 spiro atoms. The molecule has 1 saturated heterocycles. The summed E-state index contributed by atoms with van der Waals surface area (Å²) in [5, 5.41) is 3.09. The van der Waals surface area contributed by atoms with Gasteiger partial charge in [-0.3, -0.25) is 9.69 Å². The second kappa shape index (κ2) is 10.3. The predicted molar refractivity (Wildman–Crippen MR) is 113 cm³/mol. The van der Waals surface area contributed by atoms with Crippen molar-refractivity contribution in [3.8, 4) is 5.75 Å². The van der Waals surface area contributed by atoms with Gasteiger partial charge in [0.1, 0.15) is 5.75 Å². The number of rotatable bonds is 8. The van der Waals surface area contributed by atoms with Gasteiger partial charge in [-0.05, 0) is 67.1 Å². The van der Waals surface area contributed by atoms with Crippen molar-refractivity contribution in [3.05, 3.63) is 65.2 Å². The summed E-state index contributed by atoms with van der Waals surface area (Å²) in [5.74, 6) is 1.78. The molecule has 150 valence electrons. The number of hydrogen-bond acceptors (Lipinski definition) is 3. The van der Waals surface area contributed by atoms with Gasteiger partial charge in [0.05, 0.1) is 7.11 Å². The molecule has 0 unspecified atom stereocenters. The largest absolute Gasteiger partial charge is 0.497 e. The zero-order valence-corrected chi connectivity index (χ0v) is 17.1. The number of hydrogen-bond donors (Lipinski definition) is 1. The fourth-order valence-electron chi connectivity index (χ4n) is 3.68.